The van der Waals surface area contributed by atoms with Gasteiger partial charge in [0.15, 0.2) is 6.10 Å². The number of nitrogens with two attached hydrogens (primary N) is 3. The van der Waals surface area contributed by atoms with E-state index in [2.05, 4.69) is 26.6 Å². The number of carbonyl (C=O) groups is 6. The number of ether oxygens (including phenoxy) is 1. The van der Waals surface area contributed by atoms with Crippen LogP contribution in [0.25, 0.3) is 11.1 Å². The molecule has 3 aromatic carbocycles. The molecule has 0 bridgehead atoms. The number of amides is 5. The fourth-order valence-corrected chi connectivity index (χ4v) is 6.07. The van der Waals surface area contributed by atoms with E-state index >= 15 is 0 Å². The Kier molecular flexibility index (Phi) is 16.7. The van der Waals surface area contributed by atoms with Gasteiger partial charge >= 0.3 is 0 Å². The van der Waals surface area contributed by atoms with Crippen molar-refractivity contribution in [2.45, 2.75) is 88.2 Å². The molecule has 0 aromatic heterocycles. The molecule has 306 valence electrons. The van der Waals surface area contributed by atoms with Crippen LogP contribution in [-0.2, 0) is 28.7 Å². The number of hydrogen-bond donors (Lipinski definition) is 9. The van der Waals surface area contributed by atoms with Gasteiger partial charge in [-0.1, -0.05) is 66.2 Å². The van der Waals surface area contributed by atoms with Crippen molar-refractivity contribution in [1.82, 2.24) is 26.6 Å². The average molecular weight is 807 g/mol. The van der Waals surface area contributed by atoms with Crippen molar-refractivity contribution in [3.63, 3.8) is 0 Å². The highest BCUT2D eigenvalue weighted by atomic mass is 35.5. The number of hydrogen-bond acceptors (Lipinski definition) is 11. The summed E-state index contributed by atoms with van der Waals surface area (Å²) in [6.07, 6.45) is -2.98. The van der Waals surface area contributed by atoms with E-state index in [1.54, 1.807) is 36.4 Å². The van der Waals surface area contributed by atoms with E-state index in [9.17, 15) is 33.9 Å². The van der Waals surface area contributed by atoms with Crippen LogP contribution in [0.3, 0.4) is 0 Å². The number of aliphatic hydroxyl groups is 1. The monoisotopic (exact) mass is 806 g/mol. The highest BCUT2D eigenvalue weighted by Gasteiger charge is 2.48. The van der Waals surface area contributed by atoms with Gasteiger partial charge in [-0.05, 0) is 93.6 Å². The SMILES string of the molecule is C[C@H](NC(=O)[C@@H](NC(=O)[C@H](CCN)NC(=O)c1ccc(-c2ccc(Cl)cc2)cc1)[C@@H](C)O)C(=O)N[C@@H](CCCCN)C(=O)N[C@@H](N)C(=O)C1OC1c1ccccc1. The minimum Gasteiger partial charge on any atom is -0.391 e. The second-order valence-electron chi connectivity index (χ2n) is 13.8. The third kappa shape index (κ3) is 12.9. The van der Waals surface area contributed by atoms with Crippen LogP contribution in [0, 0.1) is 0 Å². The third-order valence-corrected chi connectivity index (χ3v) is 9.55. The Labute approximate surface area is 336 Å². The van der Waals surface area contributed by atoms with Gasteiger partial charge in [0.2, 0.25) is 29.4 Å². The second-order valence-corrected chi connectivity index (χ2v) is 14.2. The lowest BCUT2D eigenvalue weighted by molar-refractivity contribution is -0.135. The van der Waals surface area contributed by atoms with Crippen molar-refractivity contribution in [2.24, 2.45) is 17.2 Å². The van der Waals surface area contributed by atoms with Crippen LogP contribution < -0.4 is 43.8 Å². The van der Waals surface area contributed by atoms with Gasteiger partial charge < -0.3 is 53.6 Å². The summed E-state index contributed by atoms with van der Waals surface area (Å²) in [5.74, 6) is -4.30. The second kappa shape index (κ2) is 21.3. The summed E-state index contributed by atoms with van der Waals surface area (Å²) < 4.78 is 5.50. The highest BCUT2D eigenvalue weighted by molar-refractivity contribution is 6.30. The molecule has 0 radical (unpaired) electrons. The number of benzene rings is 3. The molecule has 3 aromatic rings. The Morgan fingerprint density at radius 3 is 1.89 bits per heavy atom. The van der Waals surface area contributed by atoms with E-state index < -0.39 is 84.0 Å². The predicted octanol–water partition coefficient (Wildman–Crippen LogP) is 0.549. The molecule has 1 heterocycles. The molecule has 17 heteroatoms. The lowest BCUT2D eigenvalue weighted by atomic mass is 10.0. The van der Waals surface area contributed by atoms with E-state index in [-0.39, 0.29) is 24.9 Å². The summed E-state index contributed by atoms with van der Waals surface area (Å²) in [6.45, 7) is 2.97. The fraction of sp³-hybridized carbons (Fsp3) is 0.400. The van der Waals surface area contributed by atoms with Crippen molar-refractivity contribution < 1.29 is 38.6 Å². The van der Waals surface area contributed by atoms with Crippen LogP contribution >= 0.6 is 11.6 Å². The molecule has 16 nitrogen and oxygen atoms in total. The molecule has 4 rings (SSSR count). The van der Waals surface area contributed by atoms with E-state index in [0.29, 0.717) is 24.4 Å². The fourth-order valence-electron chi connectivity index (χ4n) is 5.95. The Morgan fingerprint density at radius 1 is 0.702 bits per heavy atom. The molecular weight excluding hydrogens is 756 g/mol. The number of halogens is 1. The van der Waals surface area contributed by atoms with Crippen molar-refractivity contribution in [2.75, 3.05) is 13.1 Å². The first-order valence-corrected chi connectivity index (χ1v) is 19.1. The average Bonchev–Trinajstić information content (AvgIpc) is 4.00. The Bertz CT molecular complexity index is 1850. The molecule has 8 atom stereocenters. The molecule has 12 N–H and O–H groups in total. The number of aliphatic hydroxyl groups excluding tert-OH is 1. The van der Waals surface area contributed by atoms with Gasteiger partial charge in [0, 0.05) is 10.6 Å². The Hall–Kier alpha value is -5.23. The van der Waals surface area contributed by atoms with E-state index in [0.717, 1.165) is 16.7 Å². The summed E-state index contributed by atoms with van der Waals surface area (Å²) in [5.41, 5.74) is 20.2. The van der Waals surface area contributed by atoms with Gasteiger partial charge in [-0.3, -0.25) is 28.8 Å². The number of epoxide rings is 1. The van der Waals surface area contributed by atoms with E-state index in [4.69, 9.17) is 33.5 Å². The molecular formula is C40H51ClN8O8. The minimum absolute atomic E-state index is 0.0114. The van der Waals surface area contributed by atoms with Gasteiger partial charge in [0.05, 0.1) is 6.10 Å². The number of unbranched alkanes of at least 4 members (excludes halogenated alkanes) is 1. The summed E-state index contributed by atoms with van der Waals surface area (Å²) in [7, 11) is 0. The third-order valence-electron chi connectivity index (χ3n) is 9.30. The van der Waals surface area contributed by atoms with Crippen LogP contribution in [0.1, 0.15) is 61.6 Å². The molecule has 0 spiro atoms. The van der Waals surface area contributed by atoms with Crippen molar-refractivity contribution in [1.29, 1.82) is 0 Å². The normalized spacial score (nSPS) is 17.7. The van der Waals surface area contributed by atoms with Gasteiger partial charge in [-0.2, -0.15) is 0 Å². The molecule has 1 aliphatic heterocycles. The first kappa shape index (κ1) is 44.5. The van der Waals surface area contributed by atoms with Gasteiger partial charge in [0.1, 0.15) is 36.4 Å². The maximum Gasteiger partial charge on any atom is 0.251 e. The number of rotatable bonds is 21. The number of nitrogens with one attached hydrogen (secondary N) is 5. The molecule has 5 amide bonds. The van der Waals surface area contributed by atoms with Crippen LogP contribution in [0.4, 0.5) is 0 Å². The van der Waals surface area contributed by atoms with Crippen LogP contribution in [0.2, 0.25) is 5.02 Å². The van der Waals surface area contributed by atoms with Crippen molar-refractivity contribution >= 4 is 46.9 Å². The predicted molar refractivity (Wildman–Crippen MR) is 213 cm³/mol. The lowest BCUT2D eigenvalue weighted by Crippen LogP contribution is -2.60. The van der Waals surface area contributed by atoms with E-state index in [1.807, 2.05) is 42.5 Å². The summed E-state index contributed by atoms with van der Waals surface area (Å²) >= 11 is 5.98. The summed E-state index contributed by atoms with van der Waals surface area (Å²) in [6, 6.07) is 17.8. The molecule has 0 aliphatic carbocycles. The van der Waals surface area contributed by atoms with Crippen molar-refractivity contribution in [3.8, 4) is 11.1 Å². The zero-order valence-electron chi connectivity index (χ0n) is 31.8. The number of ketones is 1. The van der Waals surface area contributed by atoms with Crippen molar-refractivity contribution in [3.05, 3.63) is 95.0 Å². The minimum atomic E-state index is -1.54. The topological polar surface area (TPSA) is 273 Å². The molecule has 1 aliphatic rings. The quantitative estimate of drug-likeness (QED) is 0.0407. The maximum atomic E-state index is 13.4. The maximum absolute atomic E-state index is 13.4. The molecule has 1 fully saturated rings. The van der Waals surface area contributed by atoms with Crippen LogP contribution in [0.15, 0.2) is 78.9 Å². The van der Waals surface area contributed by atoms with Gasteiger partial charge in [0.25, 0.3) is 5.91 Å². The van der Waals surface area contributed by atoms with Crippen LogP contribution in [-0.4, -0.2) is 96.1 Å². The highest BCUT2D eigenvalue weighted by Crippen LogP contribution is 2.39. The molecule has 57 heavy (non-hydrogen) atoms. The summed E-state index contributed by atoms with van der Waals surface area (Å²) in [4.78, 5) is 79.3. The summed E-state index contributed by atoms with van der Waals surface area (Å²) in [5, 5.41) is 23.6. The molecule has 2 unspecified atom stereocenters. The first-order chi connectivity index (χ1) is 27.2. The van der Waals surface area contributed by atoms with E-state index in [1.165, 1.54) is 13.8 Å². The lowest BCUT2D eigenvalue weighted by Gasteiger charge is -2.26. The smallest absolute Gasteiger partial charge is 0.251 e. The first-order valence-electron chi connectivity index (χ1n) is 18.7. The Morgan fingerprint density at radius 2 is 1.30 bits per heavy atom. The van der Waals surface area contributed by atoms with Crippen LogP contribution in [0.5, 0.6) is 0 Å². The zero-order chi connectivity index (χ0) is 41.6. The Balaban J connectivity index is 1.33. The van der Waals surface area contributed by atoms with Gasteiger partial charge in [-0.25, -0.2) is 0 Å². The standard InChI is InChI=1S/C40H51ClN8O8/c1-22(36(52)46-29(10-6-7-20-42)39(55)49-35(44)32(51)34-33(57-34)26-8-4-3-5-9-26)45-40(56)31(23(2)50)48-38(54)30(19-21-43)47-37(53)27-13-11-24(12-14-27)25-15-17-28(41)18-16-25/h3-5,8-9,11-18,22-23,29-31,33-35,50H,6-7,10,19-21,42-44H2,1-2H3,(H,45,56)(H,46,52)(H,47,53)(H,48,54)(H,49,55)/t22-,23+,29-,30-,31-,33?,34?,35+/m0/s1. The zero-order valence-corrected chi connectivity index (χ0v) is 32.5. The molecule has 0 saturated carbocycles. The molecule has 1 saturated heterocycles. The number of carbonyl (C=O) groups excluding carboxylic acids is 6. The number of Topliss-reactive ketones (excluding diaryl/α,β-unsaturated/α-hetero) is 1. The largest absolute Gasteiger partial charge is 0.391 e. The van der Waals surface area contributed by atoms with Gasteiger partial charge in [-0.15, -0.1) is 0 Å².